The molecule has 3 atom stereocenters. The number of nitrogens with one attached hydrogen (secondary N) is 1. The van der Waals surface area contributed by atoms with E-state index in [1.807, 2.05) is 30.0 Å². The summed E-state index contributed by atoms with van der Waals surface area (Å²) in [5.41, 5.74) is 0. The Morgan fingerprint density at radius 1 is 1.30 bits per heavy atom. The number of para-hydroxylation sites is 1. The van der Waals surface area contributed by atoms with Crippen molar-refractivity contribution in [3.05, 3.63) is 29.3 Å². The molecular formula is C18H25ClN2O2. The molecule has 0 saturated carbocycles. The Hall–Kier alpha value is -1.26. The molecule has 0 bridgehead atoms. The zero-order valence-corrected chi connectivity index (χ0v) is 14.4. The highest BCUT2D eigenvalue weighted by Gasteiger charge is 2.33. The first kappa shape index (κ1) is 16.6. The Kier molecular flexibility index (Phi) is 5.44. The maximum atomic E-state index is 12.9. The number of fused-ring (bicyclic) bond motifs is 1. The zero-order valence-electron chi connectivity index (χ0n) is 13.6. The lowest BCUT2D eigenvalue weighted by atomic mass is 9.92. The minimum atomic E-state index is -0.453. The topological polar surface area (TPSA) is 41.6 Å². The lowest BCUT2D eigenvalue weighted by Crippen LogP contribution is -2.42. The highest BCUT2D eigenvalue weighted by atomic mass is 35.5. The third-order valence-corrected chi connectivity index (χ3v) is 5.40. The van der Waals surface area contributed by atoms with Crippen LogP contribution in [0.4, 0.5) is 0 Å². The van der Waals surface area contributed by atoms with Gasteiger partial charge in [-0.3, -0.25) is 4.79 Å². The van der Waals surface area contributed by atoms with E-state index in [0.29, 0.717) is 17.2 Å². The van der Waals surface area contributed by atoms with Crippen LogP contribution >= 0.6 is 11.6 Å². The van der Waals surface area contributed by atoms with E-state index >= 15 is 0 Å². The van der Waals surface area contributed by atoms with Gasteiger partial charge in [0.15, 0.2) is 6.10 Å². The molecule has 1 aromatic carbocycles. The average molecular weight is 337 g/mol. The summed E-state index contributed by atoms with van der Waals surface area (Å²) in [7, 11) is 0. The van der Waals surface area contributed by atoms with Crippen LogP contribution < -0.4 is 10.1 Å². The molecular weight excluding hydrogens is 312 g/mol. The number of hydrogen-bond donors (Lipinski definition) is 1. The number of carbonyl (C=O) groups excluding carboxylic acids is 1. The molecule has 1 amide bonds. The highest BCUT2D eigenvalue weighted by Crippen LogP contribution is 2.29. The molecule has 0 spiro atoms. The Balaban J connectivity index is 1.64. The third kappa shape index (κ3) is 3.81. The van der Waals surface area contributed by atoms with Crippen LogP contribution in [-0.4, -0.2) is 43.1 Å². The van der Waals surface area contributed by atoms with Crippen LogP contribution in [0.25, 0.3) is 0 Å². The van der Waals surface area contributed by atoms with E-state index in [-0.39, 0.29) is 5.91 Å². The molecule has 5 heteroatoms. The van der Waals surface area contributed by atoms with E-state index in [1.54, 1.807) is 6.07 Å². The van der Waals surface area contributed by atoms with Crippen LogP contribution in [0.1, 0.15) is 26.2 Å². The summed E-state index contributed by atoms with van der Waals surface area (Å²) in [5.74, 6) is 2.13. The normalized spacial score (nSPS) is 25.6. The van der Waals surface area contributed by atoms with Crippen LogP contribution in [0.5, 0.6) is 5.75 Å². The van der Waals surface area contributed by atoms with Crippen molar-refractivity contribution in [2.75, 3.05) is 26.2 Å². The Labute approximate surface area is 143 Å². The molecule has 126 valence electrons. The first-order valence-corrected chi connectivity index (χ1v) is 8.97. The van der Waals surface area contributed by atoms with Gasteiger partial charge in [0, 0.05) is 13.1 Å². The summed E-state index contributed by atoms with van der Waals surface area (Å²) < 4.78 is 5.91. The fourth-order valence-electron chi connectivity index (χ4n) is 3.64. The van der Waals surface area contributed by atoms with E-state index in [9.17, 15) is 4.79 Å². The van der Waals surface area contributed by atoms with Crippen molar-refractivity contribution in [3.8, 4) is 5.75 Å². The van der Waals surface area contributed by atoms with Crippen LogP contribution in [0.15, 0.2) is 24.3 Å². The lowest BCUT2D eigenvalue weighted by Gasteiger charge is -2.26. The monoisotopic (exact) mass is 336 g/mol. The van der Waals surface area contributed by atoms with Crippen molar-refractivity contribution in [2.24, 2.45) is 11.8 Å². The van der Waals surface area contributed by atoms with Crippen molar-refractivity contribution >= 4 is 17.5 Å². The molecule has 23 heavy (non-hydrogen) atoms. The molecule has 1 N–H and O–H groups in total. The number of hydrogen-bond acceptors (Lipinski definition) is 3. The molecule has 3 rings (SSSR count). The van der Waals surface area contributed by atoms with Crippen molar-refractivity contribution in [3.63, 3.8) is 0 Å². The molecule has 2 saturated heterocycles. The molecule has 2 aliphatic rings. The van der Waals surface area contributed by atoms with Gasteiger partial charge >= 0.3 is 0 Å². The largest absolute Gasteiger partial charge is 0.479 e. The second-order valence-electron chi connectivity index (χ2n) is 6.53. The minimum absolute atomic E-state index is 0.0975. The lowest BCUT2D eigenvalue weighted by molar-refractivity contribution is -0.138. The van der Waals surface area contributed by atoms with Crippen LogP contribution in [0.2, 0.25) is 5.02 Å². The van der Waals surface area contributed by atoms with Gasteiger partial charge in [0.1, 0.15) is 5.75 Å². The number of halogens is 1. The first-order chi connectivity index (χ1) is 11.2. The Morgan fingerprint density at radius 3 is 2.57 bits per heavy atom. The summed E-state index contributed by atoms with van der Waals surface area (Å²) in [6.07, 6.45) is 2.37. The second-order valence-corrected chi connectivity index (χ2v) is 6.93. The number of nitrogens with zero attached hydrogens (tertiary/aromatic N) is 1. The molecule has 2 aliphatic heterocycles. The number of amides is 1. The molecule has 4 nitrogen and oxygen atoms in total. The van der Waals surface area contributed by atoms with Crippen LogP contribution in [0.3, 0.4) is 0 Å². The van der Waals surface area contributed by atoms with E-state index < -0.39 is 6.10 Å². The predicted octanol–water partition coefficient (Wildman–Crippen LogP) is 2.96. The summed E-state index contributed by atoms with van der Waals surface area (Å²) in [5, 5.41) is 4.02. The Morgan fingerprint density at radius 2 is 1.96 bits per heavy atom. The minimum Gasteiger partial charge on any atom is -0.479 e. The number of rotatable bonds is 4. The second kappa shape index (κ2) is 7.54. The van der Waals surface area contributed by atoms with E-state index in [4.69, 9.17) is 16.3 Å². The number of likely N-dealkylation sites (tertiary alicyclic amines) is 1. The van der Waals surface area contributed by atoms with E-state index in [0.717, 1.165) is 50.9 Å². The summed E-state index contributed by atoms with van der Waals surface area (Å²) in [4.78, 5) is 14.8. The van der Waals surface area contributed by atoms with Crippen molar-refractivity contribution in [1.29, 1.82) is 0 Å². The number of carbonyl (C=O) groups is 1. The van der Waals surface area contributed by atoms with Gasteiger partial charge in [-0.1, -0.05) is 30.7 Å². The smallest absolute Gasteiger partial charge is 0.263 e. The van der Waals surface area contributed by atoms with Gasteiger partial charge in [-0.05, 0) is 56.3 Å². The van der Waals surface area contributed by atoms with Crippen molar-refractivity contribution in [2.45, 2.75) is 32.3 Å². The molecule has 0 aromatic heterocycles. The Bertz CT molecular complexity index is 538. The van der Waals surface area contributed by atoms with Crippen LogP contribution in [-0.2, 0) is 4.79 Å². The van der Waals surface area contributed by atoms with Crippen molar-refractivity contribution < 1.29 is 9.53 Å². The SMILES string of the molecule is CCC(Oc1ccccc1Cl)C(=O)N1CC[C@@H]2CNC[C@@H]2CC1. The summed E-state index contributed by atoms with van der Waals surface area (Å²) in [6, 6.07) is 7.34. The molecule has 0 aliphatic carbocycles. The van der Waals surface area contributed by atoms with E-state index in [1.165, 1.54) is 0 Å². The number of benzene rings is 1. The van der Waals surface area contributed by atoms with E-state index in [2.05, 4.69) is 5.32 Å². The maximum Gasteiger partial charge on any atom is 0.263 e. The van der Waals surface area contributed by atoms with Gasteiger partial charge in [-0.15, -0.1) is 0 Å². The zero-order chi connectivity index (χ0) is 16.2. The maximum absolute atomic E-state index is 12.9. The fraction of sp³-hybridized carbons (Fsp3) is 0.611. The predicted molar refractivity (Wildman–Crippen MR) is 91.8 cm³/mol. The third-order valence-electron chi connectivity index (χ3n) is 5.08. The van der Waals surface area contributed by atoms with Gasteiger partial charge in [0.05, 0.1) is 5.02 Å². The quantitative estimate of drug-likeness (QED) is 0.919. The summed E-state index contributed by atoms with van der Waals surface area (Å²) >= 11 is 6.15. The van der Waals surface area contributed by atoms with Gasteiger partial charge in [-0.25, -0.2) is 0 Å². The average Bonchev–Trinajstić information content (AvgIpc) is 2.92. The van der Waals surface area contributed by atoms with Gasteiger partial charge in [0.2, 0.25) is 0 Å². The molecule has 2 fully saturated rings. The molecule has 0 radical (unpaired) electrons. The van der Waals surface area contributed by atoms with Gasteiger partial charge in [-0.2, -0.15) is 0 Å². The van der Waals surface area contributed by atoms with Crippen LogP contribution in [0, 0.1) is 11.8 Å². The van der Waals surface area contributed by atoms with Gasteiger partial charge < -0.3 is 15.0 Å². The fourth-order valence-corrected chi connectivity index (χ4v) is 3.82. The molecule has 1 unspecified atom stereocenters. The van der Waals surface area contributed by atoms with Gasteiger partial charge in [0.25, 0.3) is 5.91 Å². The van der Waals surface area contributed by atoms with Crippen molar-refractivity contribution in [1.82, 2.24) is 10.2 Å². The standard InChI is InChI=1S/C18H25ClN2O2/c1-2-16(23-17-6-4-3-5-15(17)19)18(22)21-9-7-13-11-20-12-14(13)8-10-21/h3-6,13-14,16,20H,2,7-12H2,1H3/t13-,14+,16?. The first-order valence-electron chi connectivity index (χ1n) is 8.59. The molecule has 1 aromatic rings. The number of ether oxygens (including phenoxy) is 1. The highest BCUT2D eigenvalue weighted by molar-refractivity contribution is 6.32. The summed E-state index contributed by atoms with van der Waals surface area (Å²) in [6.45, 7) is 5.85. The molecule has 2 heterocycles.